The van der Waals surface area contributed by atoms with Crippen molar-refractivity contribution in [3.8, 4) is 17.3 Å². The van der Waals surface area contributed by atoms with Crippen molar-refractivity contribution in [2.45, 2.75) is 5.03 Å². The SMILES string of the molecule is CSc1nc(-c2ccc(Cl)c(Cl)c2)ccc1C#N. The zero-order chi connectivity index (χ0) is 13.1. The van der Waals surface area contributed by atoms with E-state index >= 15 is 0 Å². The van der Waals surface area contributed by atoms with Gasteiger partial charge in [0.1, 0.15) is 11.1 Å². The van der Waals surface area contributed by atoms with Gasteiger partial charge in [-0.25, -0.2) is 4.98 Å². The molecule has 0 fully saturated rings. The number of hydrogen-bond donors (Lipinski definition) is 0. The van der Waals surface area contributed by atoms with Crippen molar-refractivity contribution < 1.29 is 0 Å². The molecule has 0 N–H and O–H groups in total. The predicted molar refractivity (Wildman–Crippen MR) is 76.2 cm³/mol. The maximum Gasteiger partial charge on any atom is 0.114 e. The maximum absolute atomic E-state index is 8.95. The van der Waals surface area contributed by atoms with Crippen molar-refractivity contribution >= 4 is 35.0 Å². The van der Waals surface area contributed by atoms with Crippen molar-refractivity contribution in [1.29, 1.82) is 5.26 Å². The highest BCUT2D eigenvalue weighted by atomic mass is 35.5. The summed E-state index contributed by atoms with van der Waals surface area (Å²) in [6.07, 6.45) is 1.89. The quantitative estimate of drug-likeness (QED) is 0.757. The van der Waals surface area contributed by atoms with Crippen LogP contribution in [0.2, 0.25) is 10.0 Å². The highest BCUT2D eigenvalue weighted by molar-refractivity contribution is 7.98. The topological polar surface area (TPSA) is 36.7 Å². The zero-order valence-corrected chi connectivity index (χ0v) is 11.8. The fraction of sp³-hybridized carbons (Fsp3) is 0.0769. The smallest absolute Gasteiger partial charge is 0.114 e. The van der Waals surface area contributed by atoms with Gasteiger partial charge in [-0.1, -0.05) is 29.3 Å². The standard InChI is InChI=1S/C13H8Cl2N2S/c1-18-13-9(7-16)3-5-12(17-13)8-2-4-10(14)11(15)6-8/h2-6H,1H3. The molecule has 2 rings (SSSR count). The molecule has 0 radical (unpaired) electrons. The second kappa shape index (κ2) is 5.62. The lowest BCUT2D eigenvalue weighted by atomic mass is 10.1. The summed E-state index contributed by atoms with van der Waals surface area (Å²) < 4.78 is 0. The van der Waals surface area contributed by atoms with Crippen molar-refractivity contribution in [3.05, 3.63) is 45.9 Å². The minimum Gasteiger partial charge on any atom is -0.240 e. The molecule has 0 aliphatic heterocycles. The van der Waals surface area contributed by atoms with Gasteiger partial charge in [-0.15, -0.1) is 11.8 Å². The molecule has 2 nitrogen and oxygen atoms in total. The van der Waals surface area contributed by atoms with Gasteiger partial charge in [0, 0.05) is 5.56 Å². The zero-order valence-electron chi connectivity index (χ0n) is 9.45. The predicted octanol–water partition coefficient (Wildman–Crippen LogP) is 4.65. The first-order chi connectivity index (χ1) is 8.65. The lowest BCUT2D eigenvalue weighted by Gasteiger charge is -2.05. The van der Waals surface area contributed by atoms with E-state index in [1.54, 1.807) is 24.3 Å². The molecule has 1 aromatic heterocycles. The first-order valence-corrected chi connectivity index (χ1v) is 7.04. The Morgan fingerprint density at radius 2 is 1.94 bits per heavy atom. The summed E-state index contributed by atoms with van der Waals surface area (Å²) in [5.41, 5.74) is 2.23. The number of hydrogen-bond acceptors (Lipinski definition) is 3. The van der Waals surface area contributed by atoms with E-state index in [0.717, 1.165) is 11.3 Å². The van der Waals surface area contributed by atoms with Gasteiger partial charge < -0.3 is 0 Å². The van der Waals surface area contributed by atoms with Crippen LogP contribution in [0, 0.1) is 11.3 Å². The van der Waals surface area contributed by atoms with Crippen LogP contribution in [-0.4, -0.2) is 11.2 Å². The van der Waals surface area contributed by atoms with Crippen molar-refractivity contribution in [3.63, 3.8) is 0 Å². The highest BCUT2D eigenvalue weighted by Gasteiger charge is 2.07. The molecule has 0 atom stereocenters. The third kappa shape index (κ3) is 2.62. The molecule has 0 saturated heterocycles. The largest absolute Gasteiger partial charge is 0.240 e. The van der Waals surface area contributed by atoms with E-state index in [1.165, 1.54) is 11.8 Å². The van der Waals surface area contributed by atoms with Gasteiger partial charge in [-0.2, -0.15) is 5.26 Å². The van der Waals surface area contributed by atoms with E-state index in [9.17, 15) is 0 Å². The number of aromatic nitrogens is 1. The van der Waals surface area contributed by atoms with Crippen LogP contribution in [0.3, 0.4) is 0 Å². The Hall–Kier alpha value is -1.21. The monoisotopic (exact) mass is 294 g/mol. The molecule has 0 unspecified atom stereocenters. The Labute approximate surface area is 120 Å². The molecule has 90 valence electrons. The summed E-state index contributed by atoms with van der Waals surface area (Å²) in [6.45, 7) is 0. The number of benzene rings is 1. The third-order valence-electron chi connectivity index (χ3n) is 2.39. The second-order valence-corrected chi connectivity index (χ2v) is 5.10. The molecule has 0 spiro atoms. The number of rotatable bonds is 2. The van der Waals surface area contributed by atoms with Gasteiger partial charge in [0.05, 0.1) is 21.3 Å². The minimum absolute atomic E-state index is 0.492. The van der Waals surface area contributed by atoms with Crippen LogP contribution < -0.4 is 0 Å². The summed E-state index contributed by atoms with van der Waals surface area (Å²) in [7, 11) is 0. The van der Waals surface area contributed by atoms with Gasteiger partial charge in [-0.05, 0) is 30.5 Å². The Balaban J connectivity index is 2.51. The lowest BCUT2D eigenvalue weighted by molar-refractivity contribution is 1.12. The van der Waals surface area contributed by atoms with Gasteiger partial charge in [-0.3, -0.25) is 0 Å². The second-order valence-electron chi connectivity index (χ2n) is 3.49. The van der Waals surface area contributed by atoms with Crippen LogP contribution in [0.5, 0.6) is 0 Å². The molecule has 0 saturated carbocycles. The fourth-order valence-corrected chi connectivity index (χ4v) is 2.32. The van der Waals surface area contributed by atoms with E-state index in [1.807, 2.05) is 12.3 Å². The molecule has 1 heterocycles. The van der Waals surface area contributed by atoms with Crippen LogP contribution in [-0.2, 0) is 0 Å². The van der Waals surface area contributed by atoms with Gasteiger partial charge in [0.2, 0.25) is 0 Å². The number of nitrogens with zero attached hydrogens (tertiary/aromatic N) is 2. The minimum atomic E-state index is 0.492. The van der Waals surface area contributed by atoms with Crippen LogP contribution in [0.15, 0.2) is 35.4 Å². The lowest BCUT2D eigenvalue weighted by Crippen LogP contribution is -1.90. The van der Waals surface area contributed by atoms with Crippen LogP contribution in [0.1, 0.15) is 5.56 Å². The molecule has 18 heavy (non-hydrogen) atoms. The molecule has 5 heteroatoms. The van der Waals surface area contributed by atoms with Gasteiger partial charge in [0.15, 0.2) is 0 Å². The van der Waals surface area contributed by atoms with E-state index in [0.29, 0.717) is 20.6 Å². The van der Waals surface area contributed by atoms with Crippen LogP contribution >= 0.6 is 35.0 Å². The number of halogens is 2. The molecule has 2 aromatic rings. The maximum atomic E-state index is 8.95. The summed E-state index contributed by atoms with van der Waals surface area (Å²) in [5.74, 6) is 0. The summed E-state index contributed by atoms with van der Waals surface area (Å²) in [5, 5.41) is 10.7. The van der Waals surface area contributed by atoms with Crippen molar-refractivity contribution in [2.24, 2.45) is 0 Å². The average molecular weight is 295 g/mol. The number of pyridine rings is 1. The highest BCUT2D eigenvalue weighted by Crippen LogP contribution is 2.29. The molecular weight excluding hydrogens is 287 g/mol. The van der Waals surface area contributed by atoms with E-state index in [2.05, 4.69) is 11.1 Å². The molecule has 0 aliphatic rings. The molecule has 0 bridgehead atoms. The van der Waals surface area contributed by atoms with Gasteiger partial charge >= 0.3 is 0 Å². The Kier molecular flexibility index (Phi) is 4.13. The Morgan fingerprint density at radius 1 is 1.17 bits per heavy atom. The van der Waals surface area contributed by atoms with E-state index < -0.39 is 0 Å². The number of nitriles is 1. The summed E-state index contributed by atoms with van der Waals surface area (Å²) in [4.78, 5) is 4.44. The van der Waals surface area contributed by atoms with Crippen LogP contribution in [0.25, 0.3) is 11.3 Å². The number of thioether (sulfide) groups is 1. The molecule has 0 aliphatic carbocycles. The van der Waals surface area contributed by atoms with Crippen LogP contribution in [0.4, 0.5) is 0 Å². The Bertz CT molecular complexity index is 635. The van der Waals surface area contributed by atoms with Crippen molar-refractivity contribution in [2.75, 3.05) is 6.26 Å². The Morgan fingerprint density at radius 3 is 2.56 bits per heavy atom. The average Bonchev–Trinajstić information content (AvgIpc) is 2.41. The van der Waals surface area contributed by atoms with Gasteiger partial charge in [0.25, 0.3) is 0 Å². The van der Waals surface area contributed by atoms with E-state index in [-0.39, 0.29) is 0 Å². The summed E-state index contributed by atoms with van der Waals surface area (Å²) >= 11 is 13.3. The van der Waals surface area contributed by atoms with Crippen molar-refractivity contribution in [1.82, 2.24) is 4.98 Å². The normalized spacial score (nSPS) is 10.1. The first-order valence-electron chi connectivity index (χ1n) is 5.06. The molecule has 1 aromatic carbocycles. The fourth-order valence-electron chi connectivity index (χ4n) is 1.50. The molecular formula is C13H8Cl2N2S. The van der Waals surface area contributed by atoms with E-state index in [4.69, 9.17) is 28.5 Å². The molecule has 0 amide bonds. The first kappa shape index (κ1) is 13.2. The summed E-state index contributed by atoms with van der Waals surface area (Å²) in [6, 6.07) is 11.0. The third-order valence-corrected chi connectivity index (χ3v) is 3.83.